The monoisotopic (exact) mass is 233 g/mol. The third-order valence-electron chi connectivity index (χ3n) is 4.19. The van der Waals surface area contributed by atoms with Crippen LogP contribution in [0.3, 0.4) is 0 Å². The van der Waals surface area contributed by atoms with Crippen molar-refractivity contribution in [2.45, 2.75) is 57.9 Å². The second kappa shape index (κ2) is 4.02. The zero-order chi connectivity index (χ0) is 12.8. The molecule has 1 aliphatic rings. The predicted octanol–water partition coefficient (Wildman–Crippen LogP) is 3.20. The van der Waals surface area contributed by atoms with E-state index in [0.29, 0.717) is 11.7 Å². The molecule has 2 rings (SSSR count). The number of rotatable bonds is 3. The van der Waals surface area contributed by atoms with Crippen LogP contribution in [0.2, 0.25) is 0 Å². The van der Waals surface area contributed by atoms with E-state index in [-0.39, 0.29) is 11.5 Å². The van der Waals surface area contributed by atoms with Gasteiger partial charge in [-0.25, -0.2) is 0 Å². The third kappa shape index (κ3) is 1.95. The number of nitrogens with two attached hydrogens (primary N) is 1. The molecule has 0 aliphatic heterocycles. The summed E-state index contributed by atoms with van der Waals surface area (Å²) in [6.07, 6.45) is 2.35. The lowest BCUT2D eigenvalue weighted by atomic mass is 9.84. The Labute approximate surface area is 104 Å². The Kier molecular flexibility index (Phi) is 2.94. The van der Waals surface area contributed by atoms with E-state index in [4.69, 9.17) is 5.73 Å². The van der Waals surface area contributed by atoms with Gasteiger partial charge in [-0.1, -0.05) is 19.9 Å². The molecule has 94 valence electrons. The summed E-state index contributed by atoms with van der Waals surface area (Å²) >= 11 is 0. The minimum atomic E-state index is 0.168. The van der Waals surface area contributed by atoms with Crippen molar-refractivity contribution in [3.05, 3.63) is 28.8 Å². The number of aromatic hydroxyl groups is 1. The average Bonchev–Trinajstić information content (AvgIpc) is 2.97. The van der Waals surface area contributed by atoms with E-state index in [2.05, 4.69) is 33.8 Å². The topological polar surface area (TPSA) is 46.2 Å². The molecule has 0 spiro atoms. The summed E-state index contributed by atoms with van der Waals surface area (Å²) in [7, 11) is 0. The molecule has 0 heterocycles. The first-order valence-electron chi connectivity index (χ1n) is 6.48. The molecule has 1 aliphatic carbocycles. The first kappa shape index (κ1) is 12.4. The highest BCUT2D eigenvalue weighted by Gasteiger charge is 2.48. The summed E-state index contributed by atoms with van der Waals surface area (Å²) in [6.45, 7) is 8.38. The highest BCUT2D eigenvalue weighted by molar-refractivity contribution is 5.48. The molecule has 2 nitrogen and oxygen atoms in total. The Bertz CT molecular complexity index is 431. The van der Waals surface area contributed by atoms with Crippen LogP contribution in [-0.2, 0) is 5.41 Å². The molecule has 1 fully saturated rings. The van der Waals surface area contributed by atoms with Crippen LogP contribution in [0.25, 0.3) is 0 Å². The third-order valence-corrected chi connectivity index (χ3v) is 4.19. The molecule has 3 N–H and O–H groups in total. The molecule has 1 aromatic rings. The second-order valence-electron chi connectivity index (χ2n) is 5.83. The Hall–Kier alpha value is -1.02. The molecular formula is C15H23NO. The standard InChI is InChI=1S/C15H23NO/c1-9(2)12-8-13(10(3)7-14(12)17)15(5-6-15)11(4)16/h7-9,11,17H,5-6,16H2,1-4H3. The summed E-state index contributed by atoms with van der Waals surface area (Å²) in [5, 5.41) is 9.98. The van der Waals surface area contributed by atoms with Crippen molar-refractivity contribution in [3.63, 3.8) is 0 Å². The van der Waals surface area contributed by atoms with Crippen LogP contribution in [0.1, 0.15) is 56.2 Å². The number of phenols is 1. The van der Waals surface area contributed by atoms with Crippen LogP contribution in [0, 0.1) is 6.92 Å². The summed E-state index contributed by atoms with van der Waals surface area (Å²) in [5.74, 6) is 0.764. The van der Waals surface area contributed by atoms with Crippen molar-refractivity contribution in [1.29, 1.82) is 0 Å². The van der Waals surface area contributed by atoms with E-state index in [1.54, 1.807) is 0 Å². The normalized spacial score (nSPS) is 19.4. The Morgan fingerprint density at radius 3 is 2.24 bits per heavy atom. The van der Waals surface area contributed by atoms with Crippen molar-refractivity contribution >= 4 is 0 Å². The maximum Gasteiger partial charge on any atom is 0.119 e. The Balaban J connectivity index is 2.52. The van der Waals surface area contributed by atoms with Crippen LogP contribution >= 0.6 is 0 Å². The SMILES string of the molecule is Cc1cc(O)c(C(C)C)cc1C1(C(C)N)CC1. The van der Waals surface area contributed by atoms with Crippen LogP contribution in [0.4, 0.5) is 0 Å². The van der Waals surface area contributed by atoms with Crippen molar-refractivity contribution in [1.82, 2.24) is 0 Å². The first-order chi connectivity index (χ1) is 7.88. The average molecular weight is 233 g/mol. The summed E-state index contributed by atoms with van der Waals surface area (Å²) in [6, 6.07) is 4.25. The van der Waals surface area contributed by atoms with Gasteiger partial charge in [0.05, 0.1) is 0 Å². The van der Waals surface area contributed by atoms with Crippen molar-refractivity contribution in [2.75, 3.05) is 0 Å². The lowest BCUT2D eigenvalue weighted by Gasteiger charge is -2.24. The van der Waals surface area contributed by atoms with Gasteiger partial charge in [0.1, 0.15) is 5.75 Å². The number of benzene rings is 1. The van der Waals surface area contributed by atoms with Crippen LogP contribution in [0.5, 0.6) is 5.75 Å². The number of hydrogen-bond acceptors (Lipinski definition) is 2. The summed E-state index contributed by atoms with van der Waals surface area (Å²) < 4.78 is 0. The highest BCUT2D eigenvalue weighted by Crippen LogP contribution is 2.52. The Morgan fingerprint density at radius 1 is 1.24 bits per heavy atom. The van der Waals surface area contributed by atoms with E-state index in [0.717, 1.165) is 5.56 Å². The van der Waals surface area contributed by atoms with Crippen molar-refractivity contribution in [2.24, 2.45) is 5.73 Å². The van der Waals surface area contributed by atoms with E-state index < -0.39 is 0 Å². The maximum atomic E-state index is 9.98. The molecule has 0 radical (unpaired) electrons. The van der Waals surface area contributed by atoms with E-state index in [9.17, 15) is 5.11 Å². The number of phenolic OH excluding ortho intramolecular Hbond substituents is 1. The van der Waals surface area contributed by atoms with Gasteiger partial charge in [0, 0.05) is 11.5 Å². The van der Waals surface area contributed by atoms with Gasteiger partial charge in [0.15, 0.2) is 0 Å². The zero-order valence-corrected chi connectivity index (χ0v) is 11.2. The molecule has 2 heteroatoms. The van der Waals surface area contributed by atoms with Crippen LogP contribution in [-0.4, -0.2) is 11.1 Å². The molecule has 0 aromatic heterocycles. The molecule has 0 saturated heterocycles. The van der Waals surface area contributed by atoms with Gasteiger partial charge in [-0.15, -0.1) is 0 Å². The Morgan fingerprint density at radius 2 is 1.82 bits per heavy atom. The van der Waals surface area contributed by atoms with Gasteiger partial charge in [0.25, 0.3) is 0 Å². The lowest BCUT2D eigenvalue weighted by molar-refractivity contribution is 0.462. The van der Waals surface area contributed by atoms with Gasteiger partial charge in [-0.05, 0) is 55.4 Å². The molecular weight excluding hydrogens is 210 g/mol. The minimum Gasteiger partial charge on any atom is -0.508 e. The molecule has 0 amide bonds. The fourth-order valence-electron chi connectivity index (χ4n) is 2.81. The smallest absolute Gasteiger partial charge is 0.119 e. The van der Waals surface area contributed by atoms with Crippen molar-refractivity contribution < 1.29 is 5.11 Å². The first-order valence-corrected chi connectivity index (χ1v) is 6.48. The van der Waals surface area contributed by atoms with Gasteiger partial charge in [0.2, 0.25) is 0 Å². The number of aryl methyl sites for hydroxylation is 1. The summed E-state index contributed by atoms with van der Waals surface area (Å²) in [5.41, 5.74) is 9.85. The van der Waals surface area contributed by atoms with Gasteiger partial charge < -0.3 is 10.8 Å². The summed E-state index contributed by atoms with van der Waals surface area (Å²) in [4.78, 5) is 0. The van der Waals surface area contributed by atoms with E-state index in [1.165, 1.54) is 24.0 Å². The van der Waals surface area contributed by atoms with Crippen molar-refractivity contribution in [3.8, 4) is 5.75 Å². The van der Waals surface area contributed by atoms with E-state index >= 15 is 0 Å². The fourth-order valence-corrected chi connectivity index (χ4v) is 2.81. The second-order valence-corrected chi connectivity index (χ2v) is 5.83. The van der Waals surface area contributed by atoms with Gasteiger partial charge in [-0.3, -0.25) is 0 Å². The predicted molar refractivity (Wildman–Crippen MR) is 71.5 cm³/mol. The largest absolute Gasteiger partial charge is 0.508 e. The molecule has 1 aromatic carbocycles. The maximum absolute atomic E-state index is 9.98. The molecule has 1 saturated carbocycles. The zero-order valence-electron chi connectivity index (χ0n) is 11.2. The van der Waals surface area contributed by atoms with Crippen LogP contribution < -0.4 is 5.73 Å². The lowest BCUT2D eigenvalue weighted by Crippen LogP contribution is -2.32. The fraction of sp³-hybridized carbons (Fsp3) is 0.600. The molecule has 1 unspecified atom stereocenters. The van der Waals surface area contributed by atoms with Gasteiger partial charge >= 0.3 is 0 Å². The quantitative estimate of drug-likeness (QED) is 0.842. The minimum absolute atomic E-state index is 0.168. The highest BCUT2D eigenvalue weighted by atomic mass is 16.3. The molecule has 0 bridgehead atoms. The molecule has 1 atom stereocenters. The number of hydrogen-bond donors (Lipinski definition) is 2. The van der Waals surface area contributed by atoms with Gasteiger partial charge in [-0.2, -0.15) is 0 Å². The molecule has 17 heavy (non-hydrogen) atoms. The van der Waals surface area contributed by atoms with E-state index in [1.807, 2.05) is 6.07 Å². The van der Waals surface area contributed by atoms with Crippen LogP contribution in [0.15, 0.2) is 12.1 Å².